The van der Waals surface area contributed by atoms with Gasteiger partial charge < -0.3 is 10.6 Å². The van der Waals surface area contributed by atoms with Crippen LogP contribution in [0.2, 0.25) is 0 Å². The molecule has 0 spiro atoms. The second kappa shape index (κ2) is 7.28. The number of likely N-dealkylation sites (tertiary alicyclic amines) is 1. The van der Waals surface area contributed by atoms with E-state index in [4.69, 9.17) is 0 Å². The van der Waals surface area contributed by atoms with Crippen LogP contribution in [0.3, 0.4) is 0 Å². The second-order valence-corrected chi connectivity index (χ2v) is 7.02. The number of anilines is 1. The third kappa shape index (κ3) is 3.69. The van der Waals surface area contributed by atoms with Crippen molar-refractivity contribution in [2.24, 2.45) is 0 Å². The number of carbonyl (C=O) groups excluding carboxylic acids is 1. The van der Waals surface area contributed by atoms with Gasteiger partial charge in [0.15, 0.2) is 0 Å². The molecular formula is C21H25N3O. The Hall–Kier alpha value is -2.33. The number of hydrogen-bond acceptors (Lipinski definition) is 3. The number of rotatable bonds is 4. The van der Waals surface area contributed by atoms with Crippen LogP contribution in [0.1, 0.15) is 34.3 Å². The Morgan fingerprint density at radius 1 is 1.08 bits per heavy atom. The van der Waals surface area contributed by atoms with Gasteiger partial charge in [0.25, 0.3) is 5.91 Å². The Kier molecular flexibility index (Phi) is 4.70. The van der Waals surface area contributed by atoms with Gasteiger partial charge in [-0.3, -0.25) is 9.69 Å². The molecule has 2 aliphatic rings. The lowest BCUT2D eigenvalue weighted by atomic mass is 10.0. The first-order valence-electron chi connectivity index (χ1n) is 9.22. The van der Waals surface area contributed by atoms with Crippen LogP contribution >= 0.6 is 0 Å². The van der Waals surface area contributed by atoms with Crippen molar-refractivity contribution >= 4 is 11.6 Å². The number of benzene rings is 2. The van der Waals surface area contributed by atoms with E-state index < -0.39 is 0 Å². The molecule has 2 aromatic carbocycles. The molecule has 0 unspecified atom stereocenters. The van der Waals surface area contributed by atoms with Gasteiger partial charge in [-0.1, -0.05) is 36.4 Å². The summed E-state index contributed by atoms with van der Waals surface area (Å²) in [5.74, 6) is 0.0455. The minimum absolute atomic E-state index is 0.0455. The normalized spacial score (nSPS) is 17.8. The first kappa shape index (κ1) is 16.2. The highest BCUT2D eigenvalue weighted by atomic mass is 16.1. The number of nitrogens with one attached hydrogen (secondary N) is 2. The molecule has 2 N–H and O–H groups in total. The van der Waals surface area contributed by atoms with E-state index in [2.05, 4.69) is 33.7 Å². The summed E-state index contributed by atoms with van der Waals surface area (Å²) in [4.78, 5) is 14.8. The highest BCUT2D eigenvalue weighted by molar-refractivity contribution is 5.94. The minimum Gasteiger partial charge on any atom is -0.384 e. The molecule has 4 heteroatoms. The van der Waals surface area contributed by atoms with E-state index in [1.807, 2.05) is 30.3 Å². The van der Waals surface area contributed by atoms with Crippen molar-refractivity contribution in [3.63, 3.8) is 0 Å². The Bertz CT molecular complexity index is 736. The summed E-state index contributed by atoms with van der Waals surface area (Å²) >= 11 is 0. The lowest BCUT2D eigenvalue weighted by Crippen LogP contribution is -2.44. The van der Waals surface area contributed by atoms with Gasteiger partial charge in [0.2, 0.25) is 0 Å². The third-order valence-corrected chi connectivity index (χ3v) is 5.29. The van der Waals surface area contributed by atoms with Gasteiger partial charge in [-0.25, -0.2) is 0 Å². The first-order chi connectivity index (χ1) is 12.3. The zero-order chi connectivity index (χ0) is 17.1. The zero-order valence-corrected chi connectivity index (χ0v) is 14.5. The number of amides is 1. The standard InChI is InChI=1S/C21H25N3O/c25-21(17-5-2-1-3-6-17)23-19-10-13-24(14-11-19)15-18-8-4-7-16-9-12-22-20(16)18/h1-8,19,22H,9-15H2,(H,23,25). The van der Waals surface area contributed by atoms with Crippen molar-refractivity contribution in [3.8, 4) is 0 Å². The molecule has 1 saturated heterocycles. The number of piperidine rings is 1. The van der Waals surface area contributed by atoms with Gasteiger partial charge in [0.05, 0.1) is 0 Å². The molecule has 2 aromatic rings. The molecular weight excluding hydrogens is 310 g/mol. The van der Waals surface area contributed by atoms with E-state index in [1.165, 1.54) is 16.8 Å². The van der Waals surface area contributed by atoms with E-state index in [9.17, 15) is 4.79 Å². The SMILES string of the molecule is O=C(NC1CCN(Cc2cccc3c2NCC3)CC1)c1ccccc1. The molecule has 4 nitrogen and oxygen atoms in total. The minimum atomic E-state index is 0.0455. The predicted octanol–water partition coefficient (Wildman–Crippen LogP) is 3.05. The fourth-order valence-corrected chi connectivity index (χ4v) is 3.88. The molecule has 0 aliphatic carbocycles. The molecule has 1 fully saturated rings. The van der Waals surface area contributed by atoms with Crippen LogP contribution in [-0.4, -0.2) is 36.5 Å². The molecule has 2 aliphatic heterocycles. The van der Waals surface area contributed by atoms with Crippen LogP contribution < -0.4 is 10.6 Å². The van der Waals surface area contributed by atoms with Crippen molar-refractivity contribution in [2.75, 3.05) is 25.0 Å². The summed E-state index contributed by atoms with van der Waals surface area (Å²) in [6, 6.07) is 16.4. The van der Waals surface area contributed by atoms with E-state index in [0.717, 1.165) is 51.0 Å². The Morgan fingerprint density at radius 2 is 1.88 bits per heavy atom. The Labute approximate surface area is 149 Å². The Balaban J connectivity index is 1.30. The van der Waals surface area contributed by atoms with Crippen molar-refractivity contribution in [2.45, 2.75) is 31.8 Å². The fourth-order valence-electron chi connectivity index (χ4n) is 3.88. The highest BCUT2D eigenvalue weighted by Gasteiger charge is 2.22. The number of nitrogens with zero attached hydrogens (tertiary/aromatic N) is 1. The van der Waals surface area contributed by atoms with Crippen LogP contribution in [0, 0.1) is 0 Å². The molecule has 25 heavy (non-hydrogen) atoms. The van der Waals surface area contributed by atoms with Crippen LogP contribution in [0.4, 0.5) is 5.69 Å². The van der Waals surface area contributed by atoms with Crippen molar-refractivity contribution < 1.29 is 4.79 Å². The van der Waals surface area contributed by atoms with E-state index in [0.29, 0.717) is 0 Å². The maximum Gasteiger partial charge on any atom is 0.251 e. The summed E-state index contributed by atoms with van der Waals surface area (Å²) in [5.41, 5.74) is 4.95. The average molecular weight is 335 g/mol. The largest absolute Gasteiger partial charge is 0.384 e. The van der Waals surface area contributed by atoms with Crippen molar-refractivity contribution in [1.82, 2.24) is 10.2 Å². The molecule has 4 rings (SSSR count). The molecule has 0 radical (unpaired) electrons. The van der Waals surface area contributed by atoms with Crippen LogP contribution in [0.25, 0.3) is 0 Å². The average Bonchev–Trinajstić information content (AvgIpc) is 3.14. The lowest BCUT2D eigenvalue weighted by molar-refractivity contribution is 0.0909. The molecule has 0 saturated carbocycles. The van der Waals surface area contributed by atoms with E-state index in [-0.39, 0.29) is 11.9 Å². The number of fused-ring (bicyclic) bond motifs is 1. The molecule has 0 atom stereocenters. The fraction of sp³-hybridized carbons (Fsp3) is 0.381. The van der Waals surface area contributed by atoms with Crippen LogP contribution in [0.5, 0.6) is 0 Å². The van der Waals surface area contributed by atoms with Crippen molar-refractivity contribution in [1.29, 1.82) is 0 Å². The molecule has 0 bridgehead atoms. The maximum absolute atomic E-state index is 12.3. The summed E-state index contributed by atoms with van der Waals surface area (Å²) in [5, 5.41) is 6.71. The number of carbonyl (C=O) groups is 1. The van der Waals surface area contributed by atoms with Crippen molar-refractivity contribution in [3.05, 3.63) is 65.2 Å². The van der Waals surface area contributed by atoms with Crippen LogP contribution in [-0.2, 0) is 13.0 Å². The summed E-state index contributed by atoms with van der Waals surface area (Å²) in [7, 11) is 0. The van der Waals surface area contributed by atoms with E-state index >= 15 is 0 Å². The topological polar surface area (TPSA) is 44.4 Å². The number of hydrogen-bond donors (Lipinski definition) is 2. The third-order valence-electron chi connectivity index (χ3n) is 5.29. The maximum atomic E-state index is 12.3. The molecule has 2 heterocycles. The molecule has 130 valence electrons. The summed E-state index contributed by atoms with van der Waals surface area (Å²) in [6.45, 7) is 4.11. The predicted molar refractivity (Wildman–Crippen MR) is 101 cm³/mol. The van der Waals surface area contributed by atoms with Gasteiger partial charge in [0, 0.05) is 43.5 Å². The Morgan fingerprint density at radius 3 is 2.68 bits per heavy atom. The quantitative estimate of drug-likeness (QED) is 0.903. The van der Waals surface area contributed by atoms with Gasteiger partial charge >= 0.3 is 0 Å². The zero-order valence-electron chi connectivity index (χ0n) is 14.5. The molecule has 0 aromatic heterocycles. The second-order valence-electron chi connectivity index (χ2n) is 7.02. The van der Waals surface area contributed by atoms with Crippen LogP contribution in [0.15, 0.2) is 48.5 Å². The molecule has 1 amide bonds. The monoisotopic (exact) mass is 335 g/mol. The van der Waals surface area contributed by atoms with Gasteiger partial charge in [-0.15, -0.1) is 0 Å². The first-order valence-corrected chi connectivity index (χ1v) is 9.22. The van der Waals surface area contributed by atoms with E-state index in [1.54, 1.807) is 0 Å². The van der Waals surface area contributed by atoms with Gasteiger partial charge in [0.1, 0.15) is 0 Å². The number of para-hydroxylation sites is 1. The highest BCUT2D eigenvalue weighted by Crippen LogP contribution is 2.28. The smallest absolute Gasteiger partial charge is 0.251 e. The van der Waals surface area contributed by atoms with Gasteiger partial charge in [-0.2, -0.15) is 0 Å². The summed E-state index contributed by atoms with van der Waals surface area (Å²) in [6.07, 6.45) is 3.17. The lowest BCUT2D eigenvalue weighted by Gasteiger charge is -2.32. The summed E-state index contributed by atoms with van der Waals surface area (Å²) < 4.78 is 0. The van der Waals surface area contributed by atoms with Gasteiger partial charge in [-0.05, 0) is 42.5 Å².